The summed E-state index contributed by atoms with van der Waals surface area (Å²) in [7, 11) is 0. The van der Waals surface area contributed by atoms with Crippen molar-refractivity contribution < 1.29 is 5.11 Å². The molecule has 0 rings (SSSR count). The van der Waals surface area contributed by atoms with E-state index >= 15 is 0 Å². The van der Waals surface area contributed by atoms with E-state index in [1.54, 1.807) is 0 Å². The Morgan fingerprint density at radius 2 is 0.625 bits per heavy atom. The summed E-state index contributed by atoms with van der Waals surface area (Å²) in [6.07, 6.45) is 50.3. The van der Waals surface area contributed by atoms with Crippen molar-refractivity contribution in [3.8, 4) is 0 Å². The fraction of sp³-hybridized carbons (Fsp3) is 0.897. The lowest BCUT2D eigenvalue weighted by Crippen LogP contribution is -2.16. The van der Waals surface area contributed by atoms with Crippen LogP contribution in [0.2, 0.25) is 0 Å². The lowest BCUT2D eigenvalue weighted by Gasteiger charge is -2.19. The Labute approximate surface area is 254 Å². The van der Waals surface area contributed by atoms with Gasteiger partial charge in [-0.2, -0.15) is 0 Å². The van der Waals surface area contributed by atoms with Gasteiger partial charge in [0.2, 0.25) is 0 Å². The van der Waals surface area contributed by atoms with Gasteiger partial charge in [-0.1, -0.05) is 167 Å². The zero-order valence-electron chi connectivity index (χ0n) is 28.1. The van der Waals surface area contributed by atoms with Gasteiger partial charge in [-0.05, 0) is 77.0 Å². The Bertz CT molecular complexity index is 463. The predicted molar refractivity (Wildman–Crippen MR) is 183 cm³/mol. The van der Waals surface area contributed by atoms with Gasteiger partial charge in [0.25, 0.3) is 0 Å². The summed E-state index contributed by atoms with van der Waals surface area (Å²) in [5, 5.41) is 10.3. The first-order valence-corrected chi connectivity index (χ1v) is 18.7. The number of unbranched alkanes of at least 4 members (excludes halogenated alkanes) is 24. The summed E-state index contributed by atoms with van der Waals surface area (Å²) in [5.74, 6) is 0.522. The average Bonchev–Trinajstić information content (AvgIpc) is 2.95. The van der Waals surface area contributed by atoms with E-state index in [1.165, 1.54) is 193 Å². The third-order valence-corrected chi connectivity index (χ3v) is 8.86. The van der Waals surface area contributed by atoms with Crippen molar-refractivity contribution in [3.05, 3.63) is 24.3 Å². The maximum absolute atomic E-state index is 10.3. The summed E-state index contributed by atoms with van der Waals surface area (Å²) < 4.78 is 0. The van der Waals surface area contributed by atoms with Gasteiger partial charge in [0.05, 0.1) is 6.10 Å². The summed E-state index contributed by atoms with van der Waals surface area (Å²) in [6.45, 7) is 6.60. The normalized spacial score (nSPS) is 12.9. The molecule has 0 saturated heterocycles. The van der Waals surface area contributed by atoms with E-state index in [9.17, 15) is 5.11 Å². The highest BCUT2D eigenvalue weighted by Crippen LogP contribution is 2.22. The minimum absolute atomic E-state index is 0.133. The second-order valence-corrected chi connectivity index (χ2v) is 13.0. The molecule has 0 radical (unpaired) electrons. The third-order valence-electron chi connectivity index (χ3n) is 8.86. The van der Waals surface area contributed by atoms with Crippen LogP contribution in [0.1, 0.15) is 213 Å². The molecule has 1 heteroatoms. The number of aliphatic hydroxyl groups excluding tert-OH is 1. The Kier molecular flexibility index (Phi) is 34.2. The van der Waals surface area contributed by atoms with E-state index in [2.05, 4.69) is 38.2 Å². The smallest absolute Gasteiger partial charge is 0.0540 e. The number of aliphatic hydroxyl groups is 1. The van der Waals surface area contributed by atoms with Gasteiger partial charge < -0.3 is 5.11 Å². The molecule has 1 unspecified atom stereocenters. The lowest BCUT2D eigenvalue weighted by atomic mass is 9.90. The van der Waals surface area contributed by atoms with E-state index in [-0.39, 0.29) is 6.10 Å². The molecular formula is C39H76O. The molecule has 0 fully saturated rings. The molecule has 1 atom stereocenters. The Morgan fingerprint density at radius 3 is 0.900 bits per heavy atom. The van der Waals surface area contributed by atoms with Crippen LogP contribution in [0.4, 0.5) is 0 Å². The second-order valence-electron chi connectivity index (χ2n) is 13.0. The van der Waals surface area contributed by atoms with Crippen molar-refractivity contribution in [2.75, 3.05) is 0 Å². The lowest BCUT2D eigenvalue weighted by molar-refractivity contribution is 0.111. The van der Waals surface area contributed by atoms with E-state index in [4.69, 9.17) is 0 Å². The van der Waals surface area contributed by atoms with Crippen molar-refractivity contribution in [2.45, 2.75) is 219 Å². The molecule has 0 aromatic heterocycles. The van der Waals surface area contributed by atoms with Crippen molar-refractivity contribution in [2.24, 2.45) is 5.92 Å². The van der Waals surface area contributed by atoms with E-state index < -0.39 is 0 Å². The minimum atomic E-state index is -0.133. The Morgan fingerprint density at radius 1 is 0.375 bits per heavy atom. The largest absolute Gasteiger partial charge is 0.393 e. The molecule has 1 N–H and O–H groups in total. The van der Waals surface area contributed by atoms with Gasteiger partial charge in [0.1, 0.15) is 0 Å². The highest BCUT2D eigenvalue weighted by molar-refractivity contribution is 4.82. The van der Waals surface area contributed by atoms with Crippen molar-refractivity contribution in [1.82, 2.24) is 0 Å². The fourth-order valence-electron chi connectivity index (χ4n) is 5.93. The molecule has 238 valence electrons. The average molecular weight is 561 g/mol. The first-order chi connectivity index (χ1) is 19.7. The molecule has 1 nitrogen and oxygen atoms in total. The van der Waals surface area contributed by atoms with Gasteiger partial charge in [-0.3, -0.25) is 0 Å². The summed E-state index contributed by atoms with van der Waals surface area (Å²) in [6, 6.07) is 0. The zero-order valence-corrected chi connectivity index (χ0v) is 28.1. The maximum Gasteiger partial charge on any atom is 0.0540 e. The summed E-state index contributed by atoms with van der Waals surface area (Å²) >= 11 is 0. The third kappa shape index (κ3) is 32.0. The molecular weight excluding hydrogens is 484 g/mol. The SMILES string of the molecule is CCCCCCCC/C=C\CCCCCCCCC(CCCCCCCC/C=C\CCCCCCCC)C(C)O. The highest BCUT2D eigenvalue weighted by Gasteiger charge is 2.14. The summed E-state index contributed by atoms with van der Waals surface area (Å²) in [4.78, 5) is 0. The molecule has 0 amide bonds. The van der Waals surface area contributed by atoms with Gasteiger partial charge >= 0.3 is 0 Å². The van der Waals surface area contributed by atoms with Crippen LogP contribution in [-0.2, 0) is 0 Å². The molecule has 0 aromatic rings. The van der Waals surface area contributed by atoms with Crippen LogP contribution < -0.4 is 0 Å². The van der Waals surface area contributed by atoms with Gasteiger partial charge in [0.15, 0.2) is 0 Å². The predicted octanol–water partition coefficient (Wildman–Crippen LogP) is 13.8. The van der Waals surface area contributed by atoms with Crippen LogP contribution in [0.3, 0.4) is 0 Å². The quantitative estimate of drug-likeness (QED) is 0.0625. The van der Waals surface area contributed by atoms with Gasteiger partial charge in [-0.25, -0.2) is 0 Å². The number of hydrogen-bond donors (Lipinski definition) is 1. The standard InChI is InChI=1S/C39H76O/c1-4-6-8-10-12-14-16-18-20-22-24-26-28-30-32-34-36-39(38(3)40)37-35-33-31-29-27-25-23-21-19-17-15-13-11-9-7-5-2/h18-21,38-40H,4-17,22-37H2,1-3H3/b20-18-,21-19-. The molecule has 0 aliphatic heterocycles. The van der Waals surface area contributed by atoms with Crippen molar-refractivity contribution in [1.29, 1.82) is 0 Å². The first kappa shape index (κ1) is 39.4. The molecule has 0 aromatic carbocycles. The first-order valence-electron chi connectivity index (χ1n) is 18.7. The van der Waals surface area contributed by atoms with Crippen LogP contribution in [-0.4, -0.2) is 11.2 Å². The molecule has 0 heterocycles. The topological polar surface area (TPSA) is 20.2 Å². The molecule has 0 aliphatic carbocycles. The van der Waals surface area contributed by atoms with Gasteiger partial charge in [0, 0.05) is 0 Å². The second kappa shape index (κ2) is 34.6. The van der Waals surface area contributed by atoms with Crippen LogP contribution in [0.5, 0.6) is 0 Å². The zero-order chi connectivity index (χ0) is 29.2. The monoisotopic (exact) mass is 561 g/mol. The van der Waals surface area contributed by atoms with Crippen molar-refractivity contribution in [3.63, 3.8) is 0 Å². The van der Waals surface area contributed by atoms with Gasteiger partial charge in [-0.15, -0.1) is 0 Å². The highest BCUT2D eigenvalue weighted by atomic mass is 16.3. The Balaban J connectivity index is 3.46. The number of rotatable bonds is 33. The number of hydrogen-bond acceptors (Lipinski definition) is 1. The van der Waals surface area contributed by atoms with Crippen LogP contribution >= 0.6 is 0 Å². The Hall–Kier alpha value is -0.560. The number of allylic oxidation sites excluding steroid dienone is 4. The van der Waals surface area contributed by atoms with Crippen LogP contribution in [0.15, 0.2) is 24.3 Å². The van der Waals surface area contributed by atoms with Crippen molar-refractivity contribution >= 4 is 0 Å². The summed E-state index contributed by atoms with van der Waals surface area (Å²) in [5.41, 5.74) is 0. The molecule has 0 saturated carbocycles. The fourth-order valence-corrected chi connectivity index (χ4v) is 5.93. The van der Waals surface area contributed by atoms with Crippen LogP contribution in [0, 0.1) is 5.92 Å². The van der Waals surface area contributed by atoms with E-state index in [1.807, 2.05) is 6.92 Å². The molecule has 0 spiro atoms. The van der Waals surface area contributed by atoms with E-state index in [0.29, 0.717) is 5.92 Å². The van der Waals surface area contributed by atoms with E-state index in [0.717, 1.165) is 0 Å². The maximum atomic E-state index is 10.3. The molecule has 0 bridgehead atoms. The van der Waals surface area contributed by atoms with Crippen LogP contribution in [0.25, 0.3) is 0 Å². The minimum Gasteiger partial charge on any atom is -0.393 e. The molecule has 0 aliphatic rings. The molecule has 40 heavy (non-hydrogen) atoms.